The minimum absolute atomic E-state index is 0.288. The molecule has 1 amide bonds. The molecule has 0 aliphatic carbocycles. The fraction of sp³-hybridized carbons (Fsp3) is 0. The van der Waals surface area contributed by atoms with Gasteiger partial charge in [-0.2, -0.15) is 0 Å². The first-order chi connectivity index (χ1) is 11.2. The van der Waals surface area contributed by atoms with Crippen molar-refractivity contribution in [1.29, 1.82) is 0 Å². The number of halogens is 1. The van der Waals surface area contributed by atoms with Crippen LogP contribution in [0.2, 0.25) is 5.02 Å². The zero-order valence-electron chi connectivity index (χ0n) is 12.2. The summed E-state index contributed by atoms with van der Waals surface area (Å²) < 4.78 is 0. The number of pyridine rings is 1. The summed E-state index contributed by atoms with van der Waals surface area (Å²) in [6.07, 6.45) is 1.60. The molecule has 3 aromatic rings. The zero-order valence-corrected chi connectivity index (χ0v) is 12.9. The molecule has 5 heteroatoms. The van der Waals surface area contributed by atoms with E-state index in [0.29, 0.717) is 16.4 Å². The third-order valence-corrected chi connectivity index (χ3v) is 3.37. The average molecular weight is 324 g/mol. The SMILES string of the molecule is O=C(Nc1cccc(Cl)c1)c1cc(Nc2ccccc2)ccn1. The van der Waals surface area contributed by atoms with Gasteiger partial charge < -0.3 is 10.6 Å². The molecule has 0 atom stereocenters. The Bertz CT molecular complexity index is 821. The highest BCUT2D eigenvalue weighted by atomic mass is 35.5. The van der Waals surface area contributed by atoms with Crippen LogP contribution < -0.4 is 10.6 Å². The van der Waals surface area contributed by atoms with E-state index in [2.05, 4.69) is 15.6 Å². The molecule has 0 radical (unpaired) electrons. The van der Waals surface area contributed by atoms with Gasteiger partial charge in [-0.3, -0.25) is 9.78 Å². The maximum atomic E-state index is 12.3. The second kappa shape index (κ2) is 6.94. The first kappa shape index (κ1) is 15.1. The smallest absolute Gasteiger partial charge is 0.274 e. The highest BCUT2D eigenvalue weighted by molar-refractivity contribution is 6.30. The third kappa shape index (κ3) is 4.08. The Balaban J connectivity index is 1.75. The second-order valence-electron chi connectivity index (χ2n) is 4.89. The Kier molecular flexibility index (Phi) is 4.54. The van der Waals surface area contributed by atoms with E-state index in [1.54, 1.807) is 36.5 Å². The first-order valence-electron chi connectivity index (χ1n) is 7.06. The van der Waals surface area contributed by atoms with E-state index in [0.717, 1.165) is 11.4 Å². The largest absolute Gasteiger partial charge is 0.355 e. The van der Waals surface area contributed by atoms with E-state index < -0.39 is 0 Å². The van der Waals surface area contributed by atoms with Gasteiger partial charge in [0.25, 0.3) is 5.91 Å². The van der Waals surface area contributed by atoms with Gasteiger partial charge in [0.15, 0.2) is 0 Å². The minimum Gasteiger partial charge on any atom is -0.355 e. The van der Waals surface area contributed by atoms with Crippen molar-refractivity contribution >= 4 is 34.6 Å². The van der Waals surface area contributed by atoms with Gasteiger partial charge in [0.1, 0.15) is 5.69 Å². The predicted molar refractivity (Wildman–Crippen MR) is 93.4 cm³/mol. The van der Waals surface area contributed by atoms with Crippen LogP contribution in [-0.2, 0) is 0 Å². The van der Waals surface area contributed by atoms with Gasteiger partial charge in [0, 0.05) is 28.3 Å². The molecule has 0 aliphatic heterocycles. The van der Waals surface area contributed by atoms with Gasteiger partial charge >= 0.3 is 0 Å². The molecule has 0 saturated heterocycles. The van der Waals surface area contributed by atoms with Crippen LogP contribution in [0, 0.1) is 0 Å². The van der Waals surface area contributed by atoms with Crippen LogP contribution in [0.4, 0.5) is 17.1 Å². The van der Waals surface area contributed by atoms with Gasteiger partial charge in [-0.25, -0.2) is 0 Å². The molecule has 0 fully saturated rings. The third-order valence-electron chi connectivity index (χ3n) is 3.14. The lowest BCUT2D eigenvalue weighted by Gasteiger charge is -2.08. The molecular formula is C18H14ClN3O. The molecule has 1 heterocycles. The van der Waals surface area contributed by atoms with E-state index in [4.69, 9.17) is 11.6 Å². The van der Waals surface area contributed by atoms with E-state index in [9.17, 15) is 4.79 Å². The number of carbonyl (C=O) groups is 1. The first-order valence-corrected chi connectivity index (χ1v) is 7.43. The fourth-order valence-electron chi connectivity index (χ4n) is 2.08. The monoisotopic (exact) mass is 323 g/mol. The molecule has 0 spiro atoms. The van der Waals surface area contributed by atoms with Crippen LogP contribution in [0.3, 0.4) is 0 Å². The number of rotatable bonds is 4. The van der Waals surface area contributed by atoms with Crippen molar-refractivity contribution in [3.63, 3.8) is 0 Å². The number of para-hydroxylation sites is 1. The predicted octanol–water partition coefficient (Wildman–Crippen LogP) is 4.73. The van der Waals surface area contributed by atoms with Crippen LogP contribution >= 0.6 is 11.6 Å². The summed E-state index contributed by atoms with van der Waals surface area (Å²) in [4.78, 5) is 16.4. The number of nitrogens with zero attached hydrogens (tertiary/aromatic N) is 1. The topological polar surface area (TPSA) is 54.0 Å². The number of amides is 1. The van der Waals surface area contributed by atoms with Crippen LogP contribution in [0.25, 0.3) is 0 Å². The van der Waals surface area contributed by atoms with E-state index in [1.807, 2.05) is 36.4 Å². The molecule has 0 unspecified atom stereocenters. The normalized spacial score (nSPS) is 10.1. The summed E-state index contributed by atoms with van der Waals surface area (Å²) in [5.41, 5.74) is 2.69. The van der Waals surface area contributed by atoms with E-state index in [-0.39, 0.29) is 5.91 Å². The summed E-state index contributed by atoms with van der Waals surface area (Å²) in [5.74, 6) is -0.288. The number of hydrogen-bond acceptors (Lipinski definition) is 3. The van der Waals surface area contributed by atoms with Gasteiger partial charge in [-0.05, 0) is 42.5 Å². The lowest BCUT2D eigenvalue weighted by molar-refractivity contribution is 0.102. The Morgan fingerprint density at radius 2 is 1.65 bits per heavy atom. The lowest BCUT2D eigenvalue weighted by atomic mass is 10.2. The summed E-state index contributed by atoms with van der Waals surface area (Å²) in [5, 5.41) is 6.57. The quantitative estimate of drug-likeness (QED) is 0.729. The highest BCUT2D eigenvalue weighted by Gasteiger charge is 2.09. The van der Waals surface area contributed by atoms with Crippen molar-refractivity contribution in [2.24, 2.45) is 0 Å². The molecule has 2 N–H and O–H groups in total. The average Bonchev–Trinajstić information content (AvgIpc) is 2.56. The minimum atomic E-state index is -0.288. The van der Waals surface area contributed by atoms with Gasteiger partial charge in [0.2, 0.25) is 0 Å². The Labute approximate surface area is 139 Å². The molecule has 0 bridgehead atoms. The van der Waals surface area contributed by atoms with Crippen molar-refractivity contribution < 1.29 is 4.79 Å². The Morgan fingerprint density at radius 3 is 2.43 bits per heavy atom. The molecule has 0 aliphatic rings. The number of benzene rings is 2. The lowest BCUT2D eigenvalue weighted by Crippen LogP contribution is -2.13. The van der Waals surface area contributed by atoms with E-state index >= 15 is 0 Å². The Morgan fingerprint density at radius 1 is 0.870 bits per heavy atom. The maximum absolute atomic E-state index is 12.3. The van der Waals surface area contributed by atoms with Crippen molar-refractivity contribution in [2.75, 3.05) is 10.6 Å². The van der Waals surface area contributed by atoms with Crippen LogP contribution in [-0.4, -0.2) is 10.9 Å². The second-order valence-corrected chi connectivity index (χ2v) is 5.32. The number of anilines is 3. The van der Waals surface area contributed by atoms with Crippen LogP contribution in [0.5, 0.6) is 0 Å². The van der Waals surface area contributed by atoms with Crippen LogP contribution in [0.15, 0.2) is 72.9 Å². The molecule has 0 saturated carbocycles. The molecule has 1 aromatic heterocycles. The molecule has 3 rings (SSSR count). The molecule has 23 heavy (non-hydrogen) atoms. The van der Waals surface area contributed by atoms with Crippen molar-refractivity contribution in [2.45, 2.75) is 0 Å². The molecule has 114 valence electrons. The van der Waals surface area contributed by atoms with Crippen molar-refractivity contribution in [3.05, 3.63) is 83.6 Å². The van der Waals surface area contributed by atoms with E-state index in [1.165, 1.54) is 0 Å². The van der Waals surface area contributed by atoms with Crippen molar-refractivity contribution in [3.8, 4) is 0 Å². The summed E-state index contributed by atoms with van der Waals surface area (Å²) in [6, 6.07) is 20.2. The van der Waals surface area contributed by atoms with Gasteiger partial charge in [-0.15, -0.1) is 0 Å². The number of hydrogen-bond donors (Lipinski definition) is 2. The number of carbonyl (C=O) groups excluding carboxylic acids is 1. The standard InChI is InChI=1S/C18H14ClN3O/c19-13-5-4-8-15(11-13)22-18(23)17-12-16(9-10-20-17)21-14-6-2-1-3-7-14/h1-12H,(H,20,21)(H,22,23). The fourth-order valence-corrected chi connectivity index (χ4v) is 2.27. The van der Waals surface area contributed by atoms with Crippen molar-refractivity contribution in [1.82, 2.24) is 4.98 Å². The molecular weight excluding hydrogens is 310 g/mol. The zero-order chi connectivity index (χ0) is 16.1. The summed E-state index contributed by atoms with van der Waals surface area (Å²) in [7, 11) is 0. The van der Waals surface area contributed by atoms with Crippen LogP contribution in [0.1, 0.15) is 10.5 Å². The summed E-state index contributed by atoms with van der Waals surface area (Å²) in [6.45, 7) is 0. The number of nitrogens with one attached hydrogen (secondary N) is 2. The summed E-state index contributed by atoms with van der Waals surface area (Å²) >= 11 is 5.91. The van der Waals surface area contributed by atoms with Gasteiger partial charge in [-0.1, -0.05) is 35.9 Å². The number of aromatic nitrogens is 1. The Hall–Kier alpha value is -2.85. The maximum Gasteiger partial charge on any atom is 0.274 e. The molecule has 4 nitrogen and oxygen atoms in total. The van der Waals surface area contributed by atoms with Gasteiger partial charge in [0.05, 0.1) is 0 Å². The highest BCUT2D eigenvalue weighted by Crippen LogP contribution is 2.18. The molecule has 2 aromatic carbocycles.